The number of amides is 2. The largest absolute Gasteiger partial charge is 0.461 e. The predicted molar refractivity (Wildman–Crippen MR) is 131 cm³/mol. The molecule has 2 N–H and O–H groups in total. The first kappa shape index (κ1) is 28.3. The molecular formula is C20H24N6O8S2. The average molecular weight is 541 g/mol. The number of hydrogen-bond donors (Lipinski definition) is 2. The third-order valence-corrected chi connectivity index (χ3v) is 5.16. The summed E-state index contributed by atoms with van der Waals surface area (Å²) in [7, 11) is 0. The van der Waals surface area contributed by atoms with Crippen LogP contribution in [0.2, 0.25) is 0 Å². The van der Waals surface area contributed by atoms with Crippen LogP contribution in [-0.2, 0) is 38.3 Å². The molecule has 0 bridgehead atoms. The van der Waals surface area contributed by atoms with Gasteiger partial charge in [-0.3, -0.25) is 20.2 Å². The second-order valence-corrected chi connectivity index (χ2v) is 7.86. The predicted octanol–water partition coefficient (Wildman–Crippen LogP) is 1.78. The minimum atomic E-state index is -1.04. The van der Waals surface area contributed by atoms with Gasteiger partial charge in [-0.05, 0) is 27.7 Å². The zero-order valence-electron chi connectivity index (χ0n) is 19.9. The lowest BCUT2D eigenvalue weighted by atomic mass is 10.3. The van der Waals surface area contributed by atoms with Crippen molar-refractivity contribution in [3.8, 4) is 0 Å². The van der Waals surface area contributed by atoms with Gasteiger partial charge >= 0.3 is 23.8 Å². The molecule has 0 aromatic carbocycles. The number of nitrogens with zero attached hydrogens (tertiary/aromatic N) is 4. The molecule has 2 amide bonds. The highest BCUT2D eigenvalue weighted by atomic mass is 32.1. The number of rotatable bonds is 12. The van der Waals surface area contributed by atoms with Gasteiger partial charge in [-0.1, -0.05) is 10.3 Å². The van der Waals surface area contributed by atoms with Crippen LogP contribution in [0.5, 0.6) is 0 Å². The van der Waals surface area contributed by atoms with Crippen LogP contribution in [0.25, 0.3) is 0 Å². The smallest absolute Gasteiger partial charge is 0.362 e. The number of carbonyl (C=O) groups is 4. The van der Waals surface area contributed by atoms with Gasteiger partial charge in [0, 0.05) is 10.8 Å². The Morgan fingerprint density at radius 2 is 1.11 bits per heavy atom. The second kappa shape index (κ2) is 14.5. The molecule has 2 aromatic rings. The van der Waals surface area contributed by atoms with E-state index in [1.54, 1.807) is 27.7 Å². The maximum Gasteiger partial charge on any atom is 0.362 e. The molecule has 0 aliphatic rings. The molecule has 0 unspecified atom stereocenters. The molecule has 0 radical (unpaired) electrons. The molecular weight excluding hydrogens is 516 g/mol. The third kappa shape index (κ3) is 8.09. The van der Waals surface area contributed by atoms with Crippen molar-refractivity contribution in [1.29, 1.82) is 0 Å². The molecule has 0 saturated heterocycles. The van der Waals surface area contributed by atoms with Crippen LogP contribution in [0.1, 0.15) is 39.1 Å². The van der Waals surface area contributed by atoms with Crippen molar-refractivity contribution < 1.29 is 38.3 Å². The summed E-state index contributed by atoms with van der Waals surface area (Å²) >= 11 is 1.92. The number of carbonyl (C=O) groups excluding carboxylic acids is 4. The van der Waals surface area contributed by atoms with E-state index in [-0.39, 0.29) is 59.5 Å². The minimum Gasteiger partial charge on any atom is -0.461 e. The summed E-state index contributed by atoms with van der Waals surface area (Å²) in [6.07, 6.45) is 0. The molecule has 194 valence electrons. The third-order valence-electron chi connectivity index (χ3n) is 3.65. The Balaban J connectivity index is 2.08. The Hall–Kier alpha value is -3.92. The first-order valence-corrected chi connectivity index (χ1v) is 12.4. The van der Waals surface area contributed by atoms with E-state index >= 15 is 0 Å². The number of ether oxygens (including phenoxy) is 2. The van der Waals surface area contributed by atoms with Crippen molar-refractivity contribution in [3.63, 3.8) is 0 Å². The van der Waals surface area contributed by atoms with Gasteiger partial charge in [0.15, 0.2) is 10.3 Å². The van der Waals surface area contributed by atoms with Crippen LogP contribution in [0, 0.1) is 0 Å². The van der Waals surface area contributed by atoms with Gasteiger partial charge in [0.25, 0.3) is 0 Å². The van der Waals surface area contributed by atoms with E-state index in [1.807, 2.05) is 0 Å². The van der Waals surface area contributed by atoms with Gasteiger partial charge in [0.05, 0.1) is 13.2 Å². The highest BCUT2D eigenvalue weighted by molar-refractivity contribution is 7.14. The monoisotopic (exact) mass is 540 g/mol. The number of aromatic nitrogens is 2. The number of nitrogens with one attached hydrogen (secondary N) is 2. The Morgan fingerprint density at radius 3 is 1.44 bits per heavy atom. The maximum atomic E-state index is 12.3. The molecule has 14 nitrogen and oxygen atoms in total. The first-order chi connectivity index (χ1) is 17.3. The Bertz CT molecular complexity index is 1050. The molecule has 16 heteroatoms. The van der Waals surface area contributed by atoms with E-state index in [0.717, 1.165) is 22.7 Å². The molecule has 2 aromatic heterocycles. The quantitative estimate of drug-likeness (QED) is 0.174. The van der Waals surface area contributed by atoms with Gasteiger partial charge in [-0.15, -0.1) is 22.7 Å². The van der Waals surface area contributed by atoms with Crippen molar-refractivity contribution in [1.82, 2.24) is 9.97 Å². The van der Waals surface area contributed by atoms with Gasteiger partial charge in [0.2, 0.25) is 11.4 Å². The fraction of sp³-hybridized carbons (Fsp3) is 0.400. The summed E-state index contributed by atoms with van der Waals surface area (Å²) in [4.78, 5) is 66.9. The lowest BCUT2D eigenvalue weighted by Crippen LogP contribution is -2.29. The van der Waals surface area contributed by atoms with E-state index < -0.39 is 23.8 Å². The number of oxime groups is 2. The summed E-state index contributed by atoms with van der Waals surface area (Å²) in [6.45, 7) is 7.32. The molecule has 36 heavy (non-hydrogen) atoms. The fourth-order valence-corrected chi connectivity index (χ4v) is 3.60. The Labute approximate surface area is 213 Å². The molecule has 0 atom stereocenters. The highest BCUT2D eigenvalue weighted by Gasteiger charge is 2.24. The van der Waals surface area contributed by atoms with Crippen molar-refractivity contribution >= 4 is 68.1 Å². The Morgan fingerprint density at radius 1 is 0.722 bits per heavy atom. The molecule has 0 saturated carbocycles. The van der Waals surface area contributed by atoms with Crippen LogP contribution in [0.15, 0.2) is 21.1 Å². The van der Waals surface area contributed by atoms with Crippen molar-refractivity contribution in [2.45, 2.75) is 27.7 Å². The van der Waals surface area contributed by atoms with E-state index in [1.165, 1.54) is 10.8 Å². The van der Waals surface area contributed by atoms with Crippen molar-refractivity contribution in [3.05, 3.63) is 22.1 Å². The second-order valence-electron chi connectivity index (χ2n) is 6.14. The minimum absolute atomic E-state index is 0.0342. The molecule has 0 aliphatic carbocycles. The molecule has 0 fully saturated rings. The molecule has 0 spiro atoms. The summed E-state index contributed by atoms with van der Waals surface area (Å²) in [5.74, 6) is -3.58. The number of hydrogen-bond acceptors (Lipinski definition) is 14. The lowest BCUT2D eigenvalue weighted by molar-refractivity contribution is -0.136. The van der Waals surface area contributed by atoms with Gasteiger partial charge in [-0.25, -0.2) is 19.6 Å². The lowest BCUT2D eigenvalue weighted by Gasteiger charge is -2.04. The van der Waals surface area contributed by atoms with Crippen LogP contribution >= 0.6 is 22.7 Å². The number of anilines is 2. The van der Waals surface area contributed by atoms with E-state index in [9.17, 15) is 19.2 Å². The highest BCUT2D eigenvalue weighted by Crippen LogP contribution is 2.19. The van der Waals surface area contributed by atoms with Crippen LogP contribution < -0.4 is 10.6 Å². The van der Waals surface area contributed by atoms with Crippen LogP contribution in [-0.4, -0.2) is 71.6 Å². The van der Waals surface area contributed by atoms with E-state index in [2.05, 4.69) is 30.9 Å². The SMILES string of the molecule is CCON=C(C(=O)OCC)c1csc(NC(=O)C(=O)Nc2nc(C(=NOCC)C(=O)OCC)cs2)n1. The van der Waals surface area contributed by atoms with Crippen LogP contribution in [0.4, 0.5) is 10.3 Å². The standard InChI is InChI=1S/C20H24N6O8S2/c1-5-31-17(29)13(25-33-7-3)11-9-35-19(21-11)23-15(27)16(28)24-20-22-12(10-36-20)14(26-34-8-4)18(30)32-6-2/h9-10H,5-8H2,1-4H3,(H,21,23,27)(H,22,24,28). The normalized spacial score (nSPS) is 11.4. The van der Waals surface area contributed by atoms with Crippen molar-refractivity contribution in [2.24, 2.45) is 10.3 Å². The number of thiazole rings is 2. The van der Waals surface area contributed by atoms with Gasteiger partial charge in [-0.2, -0.15) is 0 Å². The maximum absolute atomic E-state index is 12.3. The summed E-state index contributed by atoms with van der Waals surface area (Å²) in [6, 6.07) is 0. The number of esters is 2. The fourth-order valence-electron chi connectivity index (χ4n) is 2.22. The zero-order chi connectivity index (χ0) is 26.5. The summed E-state index contributed by atoms with van der Waals surface area (Å²) in [5, 5.41) is 15.0. The zero-order valence-corrected chi connectivity index (χ0v) is 21.5. The topological polar surface area (TPSA) is 180 Å². The summed E-state index contributed by atoms with van der Waals surface area (Å²) in [5.41, 5.74) is -0.151. The van der Waals surface area contributed by atoms with Crippen LogP contribution in [0.3, 0.4) is 0 Å². The van der Waals surface area contributed by atoms with Gasteiger partial charge < -0.3 is 19.1 Å². The molecule has 2 rings (SSSR count). The Kier molecular flexibility index (Phi) is 11.4. The average Bonchev–Trinajstić information content (AvgIpc) is 3.50. The van der Waals surface area contributed by atoms with E-state index in [0.29, 0.717) is 0 Å². The molecule has 0 aliphatic heterocycles. The first-order valence-electron chi connectivity index (χ1n) is 10.6. The van der Waals surface area contributed by atoms with E-state index in [4.69, 9.17) is 19.1 Å². The van der Waals surface area contributed by atoms with Gasteiger partial charge in [0.1, 0.15) is 24.6 Å². The molecule has 2 heterocycles. The summed E-state index contributed by atoms with van der Waals surface area (Å²) < 4.78 is 9.86. The van der Waals surface area contributed by atoms with Crippen molar-refractivity contribution in [2.75, 3.05) is 37.1 Å².